The van der Waals surface area contributed by atoms with Crippen molar-refractivity contribution >= 4 is 0 Å². The standard InChI is InChI=1S/C18H30O/c1-15(2)7-5-6-14-19-18-12-10-17(11-13-18)9-8-16(3)4/h10-13,15-16H,5-9,14H2,1-4H3. The molecule has 0 amide bonds. The minimum atomic E-state index is 0.775. The summed E-state index contributed by atoms with van der Waals surface area (Å²) in [7, 11) is 0. The zero-order valence-electron chi connectivity index (χ0n) is 13.1. The Morgan fingerprint density at radius 1 is 0.842 bits per heavy atom. The van der Waals surface area contributed by atoms with Gasteiger partial charge in [-0.25, -0.2) is 0 Å². The first-order chi connectivity index (χ1) is 9.08. The van der Waals surface area contributed by atoms with Crippen molar-refractivity contribution in [2.75, 3.05) is 6.61 Å². The largest absolute Gasteiger partial charge is 0.494 e. The fraction of sp³-hybridized carbons (Fsp3) is 0.667. The van der Waals surface area contributed by atoms with Crippen molar-refractivity contribution in [3.8, 4) is 5.75 Å². The molecule has 0 unspecified atom stereocenters. The Balaban J connectivity index is 2.20. The van der Waals surface area contributed by atoms with Crippen LogP contribution in [0.4, 0.5) is 0 Å². The molecule has 1 heteroatoms. The summed E-state index contributed by atoms with van der Waals surface area (Å²) >= 11 is 0. The predicted octanol–water partition coefficient (Wildman–Crippen LogP) is 5.48. The molecule has 0 N–H and O–H groups in total. The average Bonchev–Trinajstić information content (AvgIpc) is 2.37. The van der Waals surface area contributed by atoms with Gasteiger partial charge < -0.3 is 4.74 Å². The van der Waals surface area contributed by atoms with Crippen LogP contribution >= 0.6 is 0 Å². The van der Waals surface area contributed by atoms with E-state index in [0.29, 0.717) is 0 Å². The van der Waals surface area contributed by atoms with Crippen LogP contribution in [-0.2, 0) is 6.42 Å². The van der Waals surface area contributed by atoms with Crippen LogP contribution in [0, 0.1) is 11.8 Å². The Morgan fingerprint density at radius 3 is 2.05 bits per heavy atom. The monoisotopic (exact) mass is 262 g/mol. The van der Waals surface area contributed by atoms with Crippen LogP contribution in [-0.4, -0.2) is 6.61 Å². The number of rotatable bonds is 9. The Labute approximate surface area is 119 Å². The van der Waals surface area contributed by atoms with Crippen molar-refractivity contribution < 1.29 is 4.74 Å². The minimum absolute atomic E-state index is 0.775. The smallest absolute Gasteiger partial charge is 0.119 e. The summed E-state index contributed by atoms with van der Waals surface area (Å²) < 4.78 is 5.77. The van der Waals surface area contributed by atoms with E-state index in [1.807, 2.05) is 0 Å². The summed E-state index contributed by atoms with van der Waals surface area (Å²) in [5.74, 6) is 2.59. The molecular formula is C18H30O. The fourth-order valence-corrected chi connectivity index (χ4v) is 2.05. The fourth-order valence-electron chi connectivity index (χ4n) is 2.05. The van der Waals surface area contributed by atoms with Crippen LogP contribution in [0.15, 0.2) is 24.3 Å². The third-order valence-corrected chi connectivity index (χ3v) is 3.38. The number of unbranched alkanes of at least 4 members (excludes halogenated alkanes) is 1. The molecule has 0 aliphatic heterocycles. The van der Waals surface area contributed by atoms with E-state index in [2.05, 4.69) is 52.0 Å². The van der Waals surface area contributed by atoms with Gasteiger partial charge in [0.2, 0.25) is 0 Å². The summed E-state index contributed by atoms with van der Waals surface area (Å²) in [6.45, 7) is 9.94. The second-order valence-electron chi connectivity index (χ2n) is 6.31. The predicted molar refractivity (Wildman–Crippen MR) is 83.8 cm³/mol. The number of hydrogen-bond donors (Lipinski definition) is 0. The van der Waals surface area contributed by atoms with Crippen molar-refractivity contribution in [3.63, 3.8) is 0 Å². The van der Waals surface area contributed by atoms with Crippen molar-refractivity contribution in [3.05, 3.63) is 29.8 Å². The first-order valence-electron chi connectivity index (χ1n) is 7.79. The maximum atomic E-state index is 5.77. The van der Waals surface area contributed by atoms with Crippen LogP contribution in [0.25, 0.3) is 0 Å². The third-order valence-electron chi connectivity index (χ3n) is 3.38. The van der Waals surface area contributed by atoms with Gasteiger partial charge in [-0.3, -0.25) is 0 Å². The van der Waals surface area contributed by atoms with E-state index in [9.17, 15) is 0 Å². The van der Waals surface area contributed by atoms with Gasteiger partial charge >= 0.3 is 0 Å². The van der Waals surface area contributed by atoms with E-state index in [1.165, 1.54) is 31.2 Å². The van der Waals surface area contributed by atoms with Crippen molar-refractivity contribution in [1.82, 2.24) is 0 Å². The van der Waals surface area contributed by atoms with E-state index in [1.54, 1.807) is 0 Å². The summed E-state index contributed by atoms with van der Waals surface area (Å²) in [6, 6.07) is 8.62. The highest BCUT2D eigenvalue weighted by molar-refractivity contribution is 5.27. The normalized spacial score (nSPS) is 11.3. The lowest BCUT2D eigenvalue weighted by Gasteiger charge is -2.09. The lowest BCUT2D eigenvalue weighted by Crippen LogP contribution is -1.99. The summed E-state index contributed by atoms with van der Waals surface area (Å²) in [5.41, 5.74) is 1.42. The molecule has 0 saturated carbocycles. The van der Waals surface area contributed by atoms with Gasteiger partial charge in [-0.05, 0) is 55.2 Å². The van der Waals surface area contributed by atoms with E-state index in [4.69, 9.17) is 4.74 Å². The molecule has 19 heavy (non-hydrogen) atoms. The quantitative estimate of drug-likeness (QED) is 0.535. The lowest BCUT2D eigenvalue weighted by molar-refractivity contribution is 0.301. The highest BCUT2D eigenvalue weighted by atomic mass is 16.5. The number of ether oxygens (including phenoxy) is 1. The van der Waals surface area contributed by atoms with Crippen LogP contribution in [0.1, 0.15) is 58.9 Å². The van der Waals surface area contributed by atoms with Gasteiger partial charge in [0.25, 0.3) is 0 Å². The molecule has 0 aromatic heterocycles. The second kappa shape index (κ2) is 9.01. The van der Waals surface area contributed by atoms with Gasteiger partial charge in [0.1, 0.15) is 5.75 Å². The zero-order valence-corrected chi connectivity index (χ0v) is 13.1. The molecule has 0 saturated heterocycles. The van der Waals surface area contributed by atoms with Crippen LogP contribution in [0.2, 0.25) is 0 Å². The van der Waals surface area contributed by atoms with E-state index in [-0.39, 0.29) is 0 Å². The molecule has 1 nitrogen and oxygen atoms in total. The molecule has 0 atom stereocenters. The van der Waals surface area contributed by atoms with E-state index in [0.717, 1.165) is 30.6 Å². The molecule has 0 heterocycles. The topological polar surface area (TPSA) is 9.23 Å². The van der Waals surface area contributed by atoms with E-state index >= 15 is 0 Å². The average molecular weight is 262 g/mol. The molecule has 0 radical (unpaired) electrons. The molecule has 0 bridgehead atoms. The summed E-state index contributed by atoms with van der Waals surface area (Å²) in [4.78, 5) is 0. The van der Waals surface area contributed by atoms with Crippen molar-refractivity contribution in [1.29, 1.82) is 0 Å². The summed E-state index contributed by atoms with van der Waals surface area (Å²) in [6.07, 6.45) is 6.16. The second-order valence-corrected chi connectivity index (χ2v) is 6.31. The molecular weight excluding hydrogens is 232 g/mol. The highest BCUT2D eigenvalue weighted by Gasteiger charge is 1.99. The summed E-state index contributed by atoms with van der Waals surface area (Å²) in [5, 5.41) is 0. The molecule has 0 fully saturated rings. The molecule has 0 aliphatic rings. The van der Waals surface area contributed by atoms with Crippen LogP contribution < -0.4 is 4.74 Å². The Bertz CT molecular complexity index is 324. The van der Waals surface area contributed by atoms with Gasteiger partial charge in [-0.2, -0.15) is 0 Å². The number of benzene rings is 1. The van der Waals surface area contributed by atoms with Gasteiger partial charge in [-0.15, -0.1) is 0 Å². The Hall–Kier alpha value is -0.980. The maximum absolute atomic E-state index is 5.77. The van der Waals surface area contributed by atoms with Gasteiger partial charge in [-0.1, -0.05) is 46.2 Å². The molecule has 108 valence electrons. The Morgan fingerprint density at radius 2 is 1.47 bits per heavy atom. The SMILES string of the molecule is CC(C)CCCCOc1ccc(CCC(C)C)cc1. The zero-order chi connectivity index (χ0) is 14.1. The van der Waals surface area contributed by atoms with E-state index < -0.39 is 0 Å². The molecule has 1 aromatic carbocycles. The molecule has 1 aromatic rings. The molecule has 0 aliphatic carbocycles. The molecule has 1 rings (SSSR count). The maximum Gasteiger partial charge on any atom is 0.119 e. The van der Waals surface area contributed by atoms with Crippen LogP contribution in [0.5, 0.6) is 5.75 Å². The van der Waals surface area contributed by atoms with Crippen molar-refractivity contribution in [2.45, 2.75) is 59.8 Å². The Kier molecular flexibility index (Phi) is 7.62. The van der Waals surface area contributed by atoms with Gasteiger partial charge in [0.05, 0.1) is 6.61 Å². The molecule has 0 spiro atoms. The van der Waals surface area contributed by atoms with Crippen molar-refractivity contribution in [2.24, 2.45) is 11.8 Å². The van der Waals surface area contributed by atoms with Gasteiger partial charge in [0.15, 0.2) is 0 Å². The van der Waals surface area contributed by atoms with Crippen LogP contribution in [0.3, 0.4) is 0 Å². The first-order valence-corrected chi connectivity index (χ1v) is 7.79. The number of hydrogen-bond acceptors (Lipinski definition) is 1. The minimum Gasteiger partial charge on any atom is -0.494 e. The van der Waals surface area contributed by atoms with Gasteiger partial charge in [0, 0.05) is 0 Å². The highest BCUT2D eigenvalue weighted by Crippen LogP contribution is 2.16. The first kappa shape index (κ1) is 16.1. The number of aryl methyl sites for hydroxylation is 1. The third kappa shape index (κ3) is 7.92. The lowest BCUT2D eigenvalue weighted by atomic mass is 10.0.